The fourth-order valence-corrected chi connectivity index (χ4v) is 3.86. The molecular weight excluding hydrogens is 392 g/mol. The molecule has 2 heterocycles. The molecule has 0 unspecified atom stereocenters. The van der Waals surface area contributed by atoms with E-state index in [0.29, 0.717) is 17.9 Å². The van der Waals surface area contributed by atoms with E-state index in [1.807, 2.05) is 84.7 Å². The number of carboxylic acid groups (broad SMARTS) is 1. The van der Waals surface area contributed by atoms with Crippen LogP contribution in [-0.2, 0) is 24.8 Å². The lowest BCUT2D eigenvalue weighted by Gasteiger charge is -2.09. The van der Waals surface area contributed by atoms with Gasteiger partial charge in [-0.15, -0.1) is 0 Å². The van der Waals surface area contributed by atoms with Gasteiger partial charge in [0.2, 0.25) is 0 Å². The van der Waals surface area contributed by atoms with Gasteiger partial charge in [-0.05, 0) is 43.7 Å². The van der Waals surface area contributed by atoms with E-state index in [0.717, 1.165) is 33.4 Å². The summed E-state index contributed by atoms with van der Waals surface area (Å²) < 4.78 is 3.70. The summed E-state index contributed by atoms with van der Waals surface area (Å²) in [5.41, 5.74) is 5.67. The Labute approximate surface area is 179 Å². The average molecular weight is 416 g/mol. The van der Waals surface area contributed by atoms with Gasteiger partial charge in [0.05, 0.1) is 18.7 Å². The van der Waals surface area contributed by atoms with Gasteiger partial charge in [0, 0.05) is 34.9 Å². The maximum Gasteiger partial charge on any atom is 0.307 e. The number of nitrogens with one attached hydrogen (secondary N) is 1. The second-order valence-corrected chi connectivity index (χ2v) is 7.68. The zero-order valence-electron chi connectivity index (χ0n) is 17.7. The quantitative estimate of drug-likeness (QED) is 0.499. The number of amides is 1. The molecule has 0 spiro atoms. The average Bonchev–Trinajstić information content (AvgIpc) is 3.21. The Morgan fingerprint density at radius 2 is 1.77 bits per heavy atom. The number of anilines is 1. The van der Waals surface area contributed by atoms with Crippen molar-refractivity contribution in [2.24, 2.45) is 7.05 Å². The van der Waals surface area contributed by atoms with Gasteiger partial charge >= 0.3 is 5.97 Å². The first-order valence-corrected chi connectivity index (χ1v) is 10.0. The number of rotatable bonds is 6. The molecule has 31 heavy (non-hydrogen) atoms. The van der Waals surface area contributed by atoms with Gasteiger partial charge in [-0.25, -0.2) is 0 Å². The highest BCUT2D eigenvalue weighted by Gasteiger charge is 2.15. The number of aromatic nitrogens is 3. The molecule has 0 saturated carbocycles. The number of para-hydroxylation sites is 1. The Kier molecular flexibility index (Phi) is 5.33. The first-order valence-electron chi connectivity index (χ1n) is 10.0. The van der Waals surface area contributed by atoms with E-state index >= 15 is 0 Å². The number of carbonyl (C=O) groups excluding carboxylic acids is 1. The molecule has 2 aromatic heterocycles. The highest BCUT2D eigenvalue weighted by atomic mass is 16.4. The predicted molar refractivity (Wildman–Crippen MR) is 119 cm³/mol. The van der Waals surface area contributed by atoms with Crippen LogP contribution < -0.4 is 5.32 Å². The molecule has 0 bridgehead atoms. The van der Waals surface area contributed by atoms with E-state index < -0.39 is 5.97 Å². The molecule has 0 radical (unpaired) electrons. The zero-order valence-corrected chi connectivity index (χ0v) is 17.7. The Hall–Kier alpha value is -3.87. The van der Waals surface area contributed by atoms with Crippen LogP contribution in [0.5, 0.6) is 0 Å². The molecule has 158 valence electrons. The van der Waals surface area contributed by atoms with E-state index in [4.69, 9.17) is 5.11 Å². The molecule has 4 aromatic rings. The lowest BCUT2D eigenvalue weighted by molar-refractivity contribution is -0.136. The van der Waals surface area contributed by atoms with Crippen molar-refractivity contribution < 1.29 is 14.7 Å². The Balaban J connectivity index is 1.48. The molecule has 0 aliphatic heterocycles. The number of benzene rings is 2. The standard InChI is InChI=1S/C24H24N4O3/c1-15-20(13-23(29)30)16(2)28(26-15)14-17-8-10-19(11-9-17)25-24(31)22-12-18-6-4-5-7-21(18)27(22)3/h4-12H,13-14H2,1-3H3,(H,25,31)(H,29,30). The van der Waals surface area contributed by atoms with Crippen LogP contribution in [0.15, 0.2) is 54.6 Å². The van der Waals surface area contributed by atoms with Crippen LogP contribution in [0.4, 0.5) is 5.69 Å². The predicted octanol–water partition coefficient (Wildman–Crippen LogP) is 3.92. The topological polar surface area (TPSA) is 89.2 Å². The van der Waals surface area contributed by atoms with Crippen LogP contribution >= 0.6 is 0 Å². The van der Waals surface area contributed by atoms with Crippen LogP contribution in [-0.4, -0.2) is 31.3 Å². The normalized spacial score (nSPS) is 11.1. The van der Waals surface area contributed by atoms with Crippen LogP contribution in [0.2, 0.25) is 0 Å². The Bertz CT molecular complexity index is 1280. The van der Waals surface area contributed by atoms with Crippen LogP contribution in [0.25, 0.3) is 10.9 Å². The molecule has 0 aliphatic rings. The van der Waals surface area contributed by atoms with Gasteiger partial charge in [0.25, 0.3) is 5.91 Å². The third kappa shape index (κ3) is 4.07. The third-order valence-corrected chi connectivity index (χ3v) is 5.59. The number of fused-ring (bicyclic) bond motifs is 1. The molecular formula is C24H24N4O3. The third-order valence-electron chi connectivity index (χ3n) is 5.59. The van der Waals surface area contributed by atoms with E-state index in [1.54, 1.807) is 0 Å². The van der Waals surface area contributed by atoms with Crippen molar-refractivity contribution in [2.45, 2.75) is 26.8 Å². The van der Waals surface area contributed by atoms with Crippen LogP contribution in [0, 0.1) is 13.8 Å². The number of nitrogens with zero attached hydrogens (tertiary/aromatic N) is 3. The molecule has 2 N–H and O–H groups in total. The molecule has 7 heteroatoms. The van der Waals surface area contributed by atoms with Gasteiger partial charge in [0.15, 0.2) is 0 Å². The zero-order chi connectivity index (χ0) is 22.1. The minimum Gasteiger partial charge on any atom is -0.481 e. The van der Waals surface area contributed by atoms with E-state index in [-0.39, 0.29) is 12.3 Å². The van der Waals surface area contributed by atoms with Crippen molar-refractivity contribution in [3.8, 4) is 0 Å². The monoisotopic (exact) mass is 416 g/mol. The van der Waals surface area contributed by atoms with Gasteiger partial charge in [-0.3, -0.25) is 14.3 Å². The lowest BCUT2D eigenvalue weighted by atomic mass is 10.1. The van der Waals surface area contributed by atoms with E-state index in [9.17, 15) is 9.59 Å². The molecule has 4 rings (SSSR count). The molecule has 0 atom stereocenters. The number of aliphatic carboxylic acids is 1. The first kappa shape index (κ1) is 20.4. The minimum atomic E-state index is -0.864. The second-order valence-electron chi connectivity index (χ2n) is 7.68. The summed E-state index contributed by atoms with van der Waals surface area (Å²) >= 11 is 0. The van der Waals surface area contributed by atoms with Crippen LogP contribution in [0.1, 0.15) is 33.0 Å². The minimum absolute atomic E-state index is 0.0310. The number of hydrogen-bond donors (Lipinski definition) is 2. The molecule has 0 saturated heterocycles. The number of carboxylic acids is 1. The van der Waals surface area contributed by atoms with Gasteiger partial charge in [-0.2, -0.15) is 5.10 Å². The van der Waals surface area contributed by atoms with Crippen molar-refractivity contribution in [3.05, 3.63) is 82.8 Å². The van der Waals surface area contributed by atoms with Crippen molar-refractivity contribution in [1.82, 2.24) is 14.3 Å². The Morgan fingerprint density at radius 3 is 2.45 bits per heavy atom. The lowest BCUT2D eigenvalue weighted by Crippen LogP contribution is -2.15. The van der Waals surface area contributed by atoms with Gasteiger partial charge in [0.1, 0.15) is 5.69 Å². The smallest absolute Gasteiger partial charge is 0.307 e. The highest BCUT2D eigenvalue weighted by molar-refractivity contribution is 6.06. The number of aryl methyl sites for hydroxylation is 2. The first-order chi connectivity index (χ1) is 14.8. The summed E-state index contributed by atoms with van der Waals surface area (Å²) in [6, 6.07) is 17.4. The number of carbonyl (C=O) groups is 2. The van der Waals surface area contributed by atoms with Crippen LogP contribution in [0.3, 0.4) is 0 Å². The van der Waals surface area contributed by atoms with Crippen molar-refractivity contribution in [2.75, 3.05) is 5.32 Å². The molecule has 2 aromatic carbocycles. The highest BCUT2D eigenvalue weighted by Crippen LogP contribution is 2.20. The fourth-order valence-electron chi connectivity index (χ4n) is 3.86. The Morgan fingerprint density at radius 1 is 1.06 bits per heavy atom. The van der Waals surface area contributed by atoms with Gasteiger partial charge in [-0.1, -0.05) is 30.3 Å². The summed E-state index contributed by atoms with van der Waals surface area (Å²) in [7, 11) is 1.88. The summed E-state index contributed by atoms with van der Waals surface area (Å²) in [5, 5.41) is 17.5. The molecule has 1 amide bonds. The number of hydrogen-bond acceptors (Lipinski definition) is 3. The SMILES string of the molecule is Cc1nn(Cc2ccc(NC(=O)c3cc4ccccc4n3C)cc2)c(C)c1CC(=O)O. The molecule has 0 aliphatic carbocycles. The summed E-state index contributed by atoms with van der Waals surface area (Å²) in [6.07, 6.45) is -0.0310. The largest absolute Gasteiger partial charge is 0.481 e. The van der Waals surface area contributed by atoms with Gasteiger partial charge < -0.3 is 15.0 Å². The van der Waals surface area contributed by atoms with E-state index in [1.165, 1.54) is 0 Å². The molecule has 0 fully saturated rings. The van der Waals surface area contributed by atoms with Crippen molar-refractivity contribution >= 4 is 28.5 Å². The summed E-state index contributed by atoms with van der Waals surface area (Å²) in [6.45, 7) is 4.24. The van der Waals surface area contributed by atoms with E-state index in [2.05, 4.69) is 10.4 Å². The molecule has 7 nitrogen and oxygen atoms in total. The van der Waals surface area contributed by atoms with Crippen molar-refractivity contribution in [3.63, 3.8) is 0 Å². The van der Waals surface area contributed by atoms with Crippen molar-refractivity contribution in [1.29, 1.82) is 0 Å². The summed E-state index contributed by atoms with van der Waals surface area (Å²) in [5.74, 6) is -1.03. The summed E-state index contributed by atoms with van der Waals surface area (Å²) in [4.78, 5) is 23.8. The maximum absolute atomic E-state index is 12.8. The fraction of sp³-hybridized carbons (Fsp3) is 0.208. The maximum atomic E-state index is 12.8. The second kappa shape index (κ2) is 8.10.